The molecule has 110 valence electrons. The fraction of sp³-hybridized carbons (Fsp3) is 0.0588. The van der Waals surface area contributed by atoms with Crippen LogP contribution in [0, 0.1) is 0 Å². The Labute approximate surface area is 127 Å². The van der Waals surface area contributed by atoms with E-state index in [4.69, 9.17) is 4.42 Å². The zero-order chi connectivity index (χ0) is 15.2. The molecule has 0 saturated heterocycles. The van der Waals surface area contributed by atoms with Crippen molar-refractivity contribution in [2.45, 2.75) is 0 Å². The Morgan fingerprint density at radius 3 is 2.77 bits per heavy atom. The van der Waals surface area contributed by atoms with Crippen molar-refractivity contribution in [3.63, 3.8) is 0 Å². The highest BCUT2D eigenvalue weighted by Crippen LogP contribution is 2.18. The number of anilines is 1. The number of benzene rings is 2. The number of rotatable bonds is 5. The van der Waals surface area contributed by atoms with Gasteiger partial charge in [0.05, 0.1) is 19.0 Å². The van der Waals surface area contributed by atoms with Crippen molar-refractivity contribution in [3.8, 4) is 0 Å². The molecule has 0 unspecified atom stereocenters. The SMILES string of the molecule is O=C(CNc1ccc2ccccc2c1)N/N=C\c1ccco1. The summed E-state index contributed by atoms with van der Waals surface area (Å²) >= 11 is 0. The molecule has 5 nitrogen and oxygen atoms in total. The van der Waals surface area contributed by atoms with Crippen LogP contribution in [0.1, 0.15) is 5.76 Å². The minimum atomic E-state index is -0.226. The molecule has 0 spiro atoms. The molecule has 2 aromatic carbocycles. The monoisotopic (exact) mass is 293 g/mol. The van der Waals surface area contributed by atoms with Crippen LogP contribution in [-0.4, -0.2) is 18.7 Å². The highest BCUT2D eigenvalue weighted by atomic mass is 16.3. The standard InChI is InChI=1S/C17H15N3O2/c21-17(20-19-11-16-6-3-9-22-16)12-18-15-8-7-13-4-1-2-5-14(13)10-15/h1-11,18H,12H2,(H,20,21)/b19-11-. The average molecular weight is 293 g/mol. The lowest BCUT2D eigenvalue weighted by Crippen LogP contribution is -2.25. The van der Waals surface area contributed by atoms with Gasteiger partial charge in [0.25, 0.3) is 5.91 Å². The molecule has 2 N–H and O–H groups in total. The van der Waals surface area contributed by atoms with Crippen LogP contribution < -0.4 is 10.7 Å². The number of carbonyl (C=O) groups excluding carboxylic acids is 1. The van der Waals surface area contributed by atoms with Gasteiger partial charge in [0.2, 0.25) is 0 Å². The summed E-state index contributed by atoms with van der Waals surface area (Å²) in [4.78, 5) is 11.7. The average Bonchev–Trinajstić information content (AvgIpc) is 3.06. The molecule has 0 aliphatic rings. The van der Waals surface area contributed by atoms with E-state index in [1.165, 1.54) is 11.6 Å². The third-order valence-corrected chi connectivity index (χ3v) is 3.13. The van der Waals surface area contributed by atoms with Crippen molar-refractivity contribution in [2.75, 3.05) is 11.9 Å². The van der Waals surface area contributed by atoms with E-state index >= 15 is 0 Å². The van der Waals surface area contributed by atoms with Gasteiger partial charge in [0.15, 0.2) is 0 Å². The van der Waals surface area contributed by atoms with E-state index in [1.54, 1.807) is 18.4 Å². The molecule has 3 rings (SSSR count). The zero-order valence-electron chi connectivity index (χ0n) is 11.8. The largest absolute Gasteiger partial charge is 0.463 e. The lowest BCUT2D eigenvalue weighted by atomic mass is 10.1. The lowest BCUT2D eigenvalue weighted by Gasteiger charge is -2.06. The molecule has 0 aliphatic carbocycles. The van der Waals surface area contributed by atoms with E-state index in [0.29, 0.717) is 5.76 Å². The topological polar surface area (TPSA) is 66.6 Å². The van der Waals surface area contributed by atoms with Gasteiger partial charge in [-0.15, -0.1) is 0 Å². The molecule has 1 aromatic heterocycles. The first-order valence-corrected chi connectivity index (χ1v) is 6.89. The summed E-state index contributed by atoms with van der Waals surface area (Å²) in [6, 6.07) is 17.6. The van der Waals surface area contributed by atoms with Gasteiger partial charge in [-0.05, 0) is 35.0 Å². The van der Waals surface area contributed by atoms with Gasteiger partial charge in [-0.2, -0.15) is 5.10 Å². The third-order valence-electron chi connectivity index (χ3n) is 3.13. The molecule has 0 aliphatic heterocycles. The van der Waals surface area contributed by atoms with E-state index in [1.807, 2.05) is 36.4 Å². The first-order valence-electron chi connectivity index (χ1n) is 6.89. The lowest BCUT2D eigenvalue weighted by molar-refractivity contribution is -0.119. The van der Waals surface area contributed by atoms with E-state index in [0.717, 1.165) is 11.1 Å². The second-order valence-corrected chi connectivity index (χ2v) is 4.72. The number of hydrogen-bond acceptors (Lipinski definition) is 4. The van der Waals surface area contributed by atoms with Crippen LogP contribution in [0.2, 0.25) is 0 Å². The summed E-state index contributed by atoms with van der Waals surface area (Å²) in [5, 5.41) is 9.18. The number of amides is 1. The maximum atomic E-state index is 11.7. The molecule has 0 saturated carbocycles. The molecule has 5 heteroatoms. The molecule has 22 heavy (non-hydrogen) atoms. The van der Waals surface area contributed by atoms with Crippen molar-refractivity contribution >= 4 is 28.6 Å². The van der Waals surface area contributed by atoms with Crippen molar-refractivity contribution < 1.29 is 9.21 Å². The van der Waals surface area contributed by atoms with E-state index < -0.39 is 0 Å². The number of nitrogens with zero attached hydrogens (tertiary/aromatic N) is 1. The highest BCUT2D eigenvalue weighted by molar-refractivity contribution is 5.87. The van der Waals surface area contributed by atoms with Crippen LogP contribution in [0.5, 0.6) is 0 Å². The van der Waals surface area contributed by atoms with Gasteiger partial charge < -0.3 is 9.73 Å². The van der Waals surface area contributed by atoms with Crippen molar-refractivity contribution in [1.82, 2.24) is 5.43 Å². The fourth-order valence-corrected chi connectivity index (χ4v) is 2.05. The smallest absolute Gasteiger partial charge is 0.259 e. The Bertz CT molecular complexity index is 795. The highest BCUT2D eigenvalue weighted by Gasteiger charge is 2.00. The Morgan fingerprint density at radius 2 is 1.95 bits per heavy atom. The van der Waals surface area contributed by atoms with Gasteiger partial charge in [-0.1, -0.05) is 30.3 Å². The van der Waals surface area contributed by atoms with Gasteiger partial charge in [0.1, 0.15) is 5.76 Å². The molecule has 0 atom stereocenters. The van der Waals surface area contributed by atoms with Crippen LogP contribution in [0.4, 0.5) is 5.69 Å². The minimum Gasteiger partial charge on any atom is -0.463 e. The van der Waals surface area contributed by atoms with Gasteiger partial charge in [-0.3, -0.25) is 4.79 Å². The van der Waals surface area contributed by atoms with E-state index in [9.17, 15) is 4.79 Å². The van der Waals surface area contributed by atoms with E-state index in [2.05, 4.69) is 21.9 Å². The number of hydrogen-bond donors (Lipinski definition) is 2. The van der Waals surface area contributed by atoms with Crippen LogP contribution in [0.15, 0.2) is 70.4 Å². The Hall–Kier alpha value is -3.08. The predicted molar refractivity (Wildman–Crippen MR) is 86.9 cm³/mol. The van der Waals surface area contributed by atoms with Crippen LogP contribution in [0.25, 0.3) is 10.8 Å². The first kappa shape index (κ1) is 13.9. The molecule has 1 amide bonds. The second-order valence-electron chi connectivity index (χ2n) is 4.72. The van der Waals surface area contributed by atoms with Crippen LogP contribution in [-0.2, 0) is 4.79 Å². The summed E-state index contributed by atoms with van der Waals surface area (Å²) in [5.74, 6) is 0.360. The summed E-state index contributed by atoms with van der Waals surface area (Å²) in [7, 11) is 0. The maximum Gasteiger partial charge on any atom is 0.259 e. The van der Waals surface area contributed by atoms with Gasteiger partial charge in [0, 0.05) is 5.69 Å². The number of hydrazone groups is 1. The molecule has 0 fully saturated rings. The van der Waals surface area contributed by atoms with Crippen molar-refractivity contribution in [2.24, 2.45) is 5.10 Å². The van der Waals surface area contributed by atoms with Crippen molar-refractivity contribution in [1.29, 1.82) is 0 Å². The molecule has 3 aromatic rings. The Morgan fingerprint density at radius 1 is 1.09 bits per heavy atom. The quantitative estimate of drug-likeness (QED) is 0.561. The Balaban J connectivity index is 1.53. The zero-order valence-corrected chi connectivity index (χ0v) is 11.8. The molecule has 0 bridgehead atoms. The molecule has 1 heterocycles. The number of furan rings is 1. The molecule has 0 radical (unpaired) electrons. The third kappa shape index (κ3) is 3.52. The maximum absolute atomic E-state index is 11.7. The Kier molecular flexibility index (Phi) is 4.15. The van der Waals surface area contributed by atoms with Crippen LogP contribution >= 0.6 is 0 Å². The van der Waals surface area contributed by atoms with Crippen LogP contribution in [0.3, 0.4) is 0 Å². The predicted octanol–water partition coefficient (Wildman–Crippen LogP) is 3.00. The van der Waals surface area contributed by atoms with E-state index in [-0.39, 0.29) is 12.5 Å². The number of nitrogens with one attached hydrogen (secondary N) is 2. The fourth-order valence-electron chi connectivity index (χ4n) is 2.05. The summed E-state index contributed by atoms with van der Waals surface area (Å²) in [5.41, 5.74) is 3.33. The van der Waals surface area contributed by atoms with Crippen molar-refractivity contribution in [3.05, 3.63) is 66.6 Å². The minimum absolute atomic E-state index is 0.147. The summed E-state index contributed by atoms with van der Waals surface area (Å²) in [6.45, 7) is 0.147. The number of fused-ring (bicyclic) bond motifs is 1. The summed E-state index contributed by atoms with van der Waals surface area (Å²) in [6.07, 6.45) is 3.00. The second kappa shape index (κ2) is 6.58. The first-order chi connectivity index (χ1) is 10.8. The molecular formula is C17H15N3O2. The summed E-state index contributed by atoms with van der Waals surface area (Å²) < 4.78 is 5.07. The molecular weight excluding hydrogens is 278 g/mol. The normalized spacial score (nSPS) is 10.9. The van der Waals surface area contributed by atoms with Gasteiger partial charge >= 0.3 is 0 Å². The van der Waals surface area contributed by atoms with Gasteiger partial charge in [-0.25, -0.2) is 5.43 Å². The number of carbonyl (C=O) groups is 1.